The minimum absolute atomic E-state index is 0.293. The van der Waals surface area contributed by atoms with Gasteiger partial charge in [0, 0.05) is 11.8 Å². The minimum atomic E-state index is -1.02. The van der Waals surface area contributed by atoms with Crippen LogP contribution in [-0.2, 0) is 4.79 Å². The summed E-state index contributed by atoms with van der Waals surface area (Å²) in [6.07, 6.45) is 0.938. The number of carboxylic acid groups (broad SMARTS) is 1. The summed E-state index contributed by atoms with van der Waals surface area (Å²) in [6.45, 7) is 3.26. The number of hydrogen-bond acceptors (Lipinski definition) is 5. The number of carbonyl (C=O) groups is 1. The highest BCUT2D eigenvalue weighted by Crippen LogP contribution is 2.16. The van der Waals surface area contributed by atoms with Gasteiger partial charge in [-0.15, -0.1) is 0 Å². The van der Waals surface area contributed by atoms with E-state index in [1.807, 2.05) is 6.26 Å². The van der Waals surface area contributed by atoms with Crippen LogP contribution in [0.3, 0.4) is 0 Å². The zero-order chi connectivity index (χ0) is 11.4. The molecule has 0 radical (unpaired) electrons. The molecule has 0 saturated heterocycles. The SMILES string of the molecule is CSc1nc(C)cc(OC(C)C(=O)O)n1. The highest BCUT2D eigenvalue weighted by molar-refractivity contribution is 7.98. The van der Waals surface area contributed by atoms with Crippen molar-refractivity contribution in [3.05, 3.63) is 11.8 Å². The summed E-state index contributed by atoms with van der Waals surface area (Å²) in [6, 6.07) is 1.61. The van der Waals surface area contributed by atoms with E-state index in [0.717, 1.165) is 5.69 Å². The molecule has 1 unspecified atom stereocenters. The fraction of sp³-hybridized carbons (Fsp3) is 0.444. The molecule has 5 nitrogen and oxygen atoms in total. The Bertz CT molecular complexity index is 370. The van der Waals surface area contributed by atoms with Crippen LogP contribution in [0.4, 0.5) is 0 Å². The smallest absolute Gasteiger partial charge is 0.344 e. The van der Waals surface area contributed by atoms with Crippen LogP contribution < -0.4 is 4.74 Å². The first kappa shape index (κ1) is 11.8. The summed E-state index contributed by atoms with van der Waals surface area (Å²) < 4.78 is 5.14. The molecule has 1 rings (SSSR count). The van der Waals surface area contributed by atoms with Crippen LogP contribution in [-0.4, -0.2) is 33.4 Å². The first-order chi connectivity index (χ1) is 7.02. The predicted octanol–water partition coefficient (Wildman–Crippen LogP) is 1.36. The molecule has 0 aliphatic carbocycles. The van der Waals surface area contributed by atoms with E-state index >= 15 is 0 Å². The van der Waals surface area contributed by atoms with Crippen molar-refractivity contribution >= 4 is 17.7 Å². The lowest BCUT2D eigenvalue weighted by Crippen LogP contribution is -2.23. The molecule has 0 aromatic carbocycles. The Hall–Kier alpha value is -1.30. The molecule has 1 aromatic rings. The standard InChI is InChI=1S/C9H12N2O3S/c1-5-4-7(11-9(10-5)15-3)14-6(2)8(12)13/h4,6H,1-3H3,(H,12,13). The monoisotopic (exact) mass is 228 g/mol. The van der Waals surface area contributed by atoms with Gasteiger partial charge in [0.25, 0.3) is 0 Å². The van der Waals surface area contributed by atoms with E-state index in [2.05, 4.69) is 9.97 Å². The minimum Gasteiger partial charge on any atom is -0.479 e. The molecule has 0 aliphatic heterocycles. The van der Waals surface area contributed by atoms with E-state index in [0.29, 0.717) is 11.0 Å². The Morgan fingerprint density at radius 3 is 2.80 bits per heavy atom. The predicted molar refractivity (Wildman–Crippen MR) is 56.3 cm³/mol. The number of aliphatic carboxylic acids is 1. The molecule has 0 fully saturated rings. The zero-order valence-corrected chi connectivity index (χ0v) is 9.54. The van der Waals surface area contributed by atoms with Crippen LogP contribution in [0.5, 0.6) is 5.88 Å². The Labute approximate surface area is 91.9 Å². The third-order valence-corrected chi connectivity index (χ3v) is 2.19. The number of hydrogen-bond donors (Lipinski definition) is 1. The normalized spacial score (nSPS) is 12.2. The molecule has 1 N–H and O–H groups in total. The Morgan fingerprint density at radius 1 is 1.60 bits per heavy atom. The van der Waals surface area contributed by atoms with Crippen molar-refractivity contribution in [2.24, 2.45) is 0 Å². The van der Waals surface area contributed by atoms with E-state index in [1.165, 1.54) is 18.7 Å². The maximum absolute atomic E-state index is 10.6. The second kappa shape index (κ2) is 4.97. The molecule has 0 bridgehead atoms. The van der Waals surface area contributed by atoms with Crippen molar-refractivity contribution in [3.63, 3.8) is 0 Å². The molecule has 15 heavy (non-hydrogen) atoms. The fourth-order valence-electron chi connectivity index (χ4n) is 0.897. The summed E-state index contributed by atoms with van der Waals surface area (Å²) in [5, 5.41) is 9.24. The topological polar surface area (TPSA) is 72.3 Å². The zero-order valence-electron chi connectivity index (χ0n) is 8.72. The van der Waals surface area contributed by atoms with Crippen molar-refractivity contribution in [1.29, 1.82) is 0 Å². The first-order valence-electron chi connectivity index (χ1n) is 4.32. The van der Waals surface area contributed by atoms with Crippen molar-refractivity contribution < 1.29 is 14.6 Å². The maximum atomic E-state index is 10.6. The van der Waals surface area contributed by atoms with Crippen LogP contribution >= 0.6 is 11.8 Å². The maximum Gasteiger partial charge on any atom is 0.344 e. The fourth-order valence-corrected chi connectivity index (χ4v) is 1.31. The van der Waals surface area contributed by atoms with Gasteiger partial charge in [-0.2, -0.15) is 4.98 Å². The van der Waals surface area contributed by atoms with Gasteiger partial charge in [-0.3, -0.25) is 0 Å². The molecular weight excluding hydrogens is 216 g/mol. The quantitative estimate of drug-likeness (QED) is 0.619. The number of rotatable bonds is 4. The van der Waals surface area contributed by atoms with Crippen LogP contribution in [0.2, 0.25) is 0 Å². The second-order valence-electron chi connectivity index (χ2n) is 2.93. The summed E-state index contributed by atoms with van der Waals surface area (Å²) >= 11 is 1.38. The van der Waals surface area contributed by atoms with E-state index in [-0.39, 0.29) is 0 Å². The largest absolute Gasteiger partial charge is 0.479 e. The van der Waals surface area contributed by atoms with Crippen LogP contribution in [0.25, 0.3) is 0 Å². The number of nitrogens with zero attached hydrogens (tertiary/aromatic N) is 2. The lowest BCUT2D eigenvalue weighted by atomic mass is 10.4. The molecular formula is C9H12N2O3S. The third-order valence-electron chi connectivity index (χ3n) is 1.64. The summed E-state index contributed by atoms with van der Waals surface area (Å²) in [5.74, 6) is -0.723. The average Bonchev–Trinajstić information content (AvgIpc) is 2.16. The number of aryl methyl sites for hydroxylation is 1. The van der Waals surface area contributed by atoms with E-state index in [1.54, 1.807) is 13.0 Å². The number of ether oxygens (including phenoxy) is 1. The number of aromatic nitrogens is 2. The Balaban J connectivity index is 2.85. The van der Waals surface area contributed by atoms with Gasteiger partial charge in [-0.25, -0.2) is 9.78 Å². The van der Waals surface area contributed by atoms with Crippen molar-refractivity contribution in [2.75, 3.05) is 6.26 Å². The van der Waals surface area contributed by atoms with E-state index < -0.39 is 12.1 Å². The van der Waals surface area contributed by atoms with E-state index in [9.17, 15) is 4.79 Å². The summed E-state index contributed by atoms with van der Waals surface area (Å²) in [4.78, 5) is 18.7. The molecule has 6 heteroatoms. The highest BCUT2D eigenvalue weighted by atomic mass is 32.2. The van der Waals surface area contributed by atoms with Crippen LogP contribution in [0, 0.1) is 6.92 Å². The second-order valence-corrected chi connectivity index (χ2v) is 3.71. The van der Waals surface area contributed by atoms with Gasteiger partial charge >= 0.3 is 5.97 Å². The third kappa shape index (κ3) is 3.39. The van der Waals surface area contributed by atoms with Gasteiger partial charge in [-0.05, 0) is 20.1 Å². The molecule has 0 aliphatic rings. The van der Waals surface area contributed by atoms with Crippen molar-refractivity contribution in [3.8, 4) is 5.88 Å². The van der Waals surface area contributed by atoms with Gasteiger partial charge in [0.1, 0.15) is 0 Å². The van der Waals surface area contributed by atoms with Gasteiger partial charge in [0.2, 0.25) is 5.88 Å². The molecule has 1 atom stereocenters. The molecule has 0 spiro atoms. The number of thioether (sulfide) groups is 1. The Kier molecular flexibility index (Phi) is 3.90. The van der Waals surface area contributed by atoms with Gasteiger partial charge in [0.15, 0.2) is 11.3 Å². The molecule has 1 heterocycles. The van der Waals surface area contributed by atoms with Crippen LogP contribution in [0.1, 0.15) is 12.6 Å². The molecule has 1 aromatic heterocycles. The first-order valence-corrected chi connectivity index (χ1v) is 5.54. The summed E-state index contributed by atoms with van der Waals surface area (Å²) in [7, 11) is 0. The number of carboxylic acids is 1. The molecule has 0 saturated carbocycles. The Morgan fingerprint density at radius 2 is 2.27 bits per heavy atom. The van der Waals surface area contributed by atoms with E-state index in [4.69, 9.17) is 9.84 Å². The van der Waals surface area contributed by atoms with Crippen molar-refractivity contribution in [1.82, 2.24) is 9.97 Å². The lowest BCUT2D eigenvalue weighted by Gasteiger charge is -2.10. The average molecular weight is 228 g/mol. The van der Waals surface area contributed by atoms with Crippen LogP contribution in [0.15, 0.2) is 11.2 Å². The van der Waals surface area contributed by atoms with Gasteiger partial charge in [0.05, 0.1) is 0 Å². The molecule has 0 amide bonds. The highest BCUT2D eigenvalue weighted by Gasteiger charge is 2.14. The van der Waals surface area contributed by atoms with Crippen molar-refractivity contribution in [2.45, 2.75) is 25.1 Å². The molecule has 82 valence electrons. The summed E-state index contributed by atoms with van der Waals surface area (Å²) in [5.41, 5.74) is 0.752. The lowest BCUT2D eigenvalue weighted by molar-refractivity contribution is -0.144. The van der Waals surface area contributed by atoms with Gasteiger partial charge in [-0.1, -0.05) is 11.8 Å². The van der Waals surface area contributed by atoms with Gasteiger partial charge < -0.3 is 9.84 Å².